The van der Waals surface area contributed by atoms with Crippen molar-refractivity contribution in [1.29, 1.82) is 0 Å². The first-order chi connectivity index (χ1) is 12.0. The molecular formula is C20H30N4S. The van der Waals surface area contributed by atoms with Crippen molar-refractivity contribution < 1.29 is 0 Å². The number of nitrogens with zero attached hydrogens (tertiary/aromatic N) is 4. The van der Waals surface area contributed by atoms with E-state index in [1.807, 2.05) is 6.07 Å². The highest BCUT2D eigenvalue weighted by atomic mass is 32.1. The van der Waals surface area contributed by atoms with Gasteiger partial charge in [-0.25, -0.2) is 0 Å². The molecule has 0 saturated carbocycles. The van der Waals surface area contributed by atoms with Crippen LogP contribution in [-0.4, -0.2) is 51.7 Å². The van der Waals surface area contributed by atoms with Crippen LogP contribution in [-0.2, 0) is 13.7 Å². The Labute approximate surface area is 156 Å². The van der Waals surface area contributed by atoms with E-state index in [1.165, 1.54) is 37.3 Å². The standard InChI is InChI=1S/C20H30N4S/c1-17(2)9-10-22-11-13-23(14-12-22)16-24-15-19(21(3)20(24)25)18-7-5-4-6-8-18/h4-8,15,17H,9-14,16H2,1-3H3. The van der Waals surface area contributed by atoms with Crippen LogP contribution in [0, 0.1) is 10.7 Å². The van der Waals surface area contributed by atoms with Crippen molar-refractivity contribution in [3.63, 3.8) is 0 Å². The van der Waals surface area contributed by atoms with Crippen LogP contribution in [0.1, 0.15) is 20.3 Å². The summed E-state index contributed by atoms with van der Waals surface area (Å²) in [7, 11) is 2.06. The third-order valence-electron chi connectivity index (χ3n) is 5.08. The van der Waals surface area contributed by atoms with Crippen molar-refractivity contribution in [2.75, 3.05) is 32.7 Å². The third kappa shape index (κ3) is 4.60. The van der Waals surface area contributed by atoms with Gasteiger partial charge in [-0.3, -0.25) is 4.90 Å². The number of imidazole rings is 1. The topological polar surface area (TPSA) is 16.3 Å². The minimum atomic E-state index is 0.789. The Kier molecular flexibility index (Phi) is 6.10. The van der Waals surface area contributed by atoms with E-state index >= 15 is 0 Å². The van der Waals surface area contributed by atoms with E-state index in [2.05, 4.69) is 70.3 Å². The maximum atomic E-state index is 5.66. The van der Waals surface area contributed by atoms with Gasteiger partial charge in [0.25, 0.3) is 0 Å². The fourth-order valence-electron chi connectivity index (χ4n) is 3.37. The zero-order valence-corrected chi connectivity index (χ0v) is 16.5. The molecule has 0 N–H and O–H groups in total. The minimum absolute atomic E-state index is 0.789. The monoisotopic (exact) mass is 358 g/mol. The van der Waals surface area contributed by atoms with E-state index in [1.54, 1.807) is 0 Å². The largest absolute Gasteiger partial charge is 0.320 e. The summed E-state index contributed by atoms with van der Waals surface area (Å²) in [5.74, 6) is 0.789. The van der Waals surface area contributed by atoms with Gasteiger partial charge in [0.15, 0.2) is 4.77 Å². The SMILES string of the molecule is CC(C)CCN1CCN(Cn2cc(-c3ccccc3)n(C)c2=S)CC1. The van der Waals surface area contributed by atoms with Crippen LogP contribution in [0.2, 0.25) is 0 Å². The first-order valence-electron chi connectivity index (χ1n) is 9.31. The quantitative estimate of drug-likeness (QED) is 0.730. The van der Waals surface area contributed by atoms with Gasteiger partial charge in [-0.05, 0) is 36.7 Å². The average molecular weight is 359 g/mol. The normalized spacial score (nSPS) is 16.6. The van der Waals surface area contributed by atoms with E-state index in [0.717, 1.165) is 30.4 Å². The molecule has 1 aromatic heterocycles. The van der Waals surface area contributed by atoms with Crippen molar-refractivity contribution in [3.8, 4) is 11.3 Å². The second-order valence-corrected chi connectivity index (χ2v) is 7.84. The summed E-state index contributed by atoms with van der Waals surface area (Å²) in [6.45, 7) is 11.3. The Balaban J connectivity index is 1.62. The zero-order valence-electron chi connectivity index (χ0n) is 15.7. The molecule has 136 valence electrons. The minimum Gasteiger partial charge on any atom is -0.320 e. The Morgan fingerprint density at radius 2 is 1.64 bits per heavy atom. The van der Waals surface area contributed by atoms with Crippen molar-refractivity contribution in [2.24, 2.45) is 13.0 Å². The summed E-state index contributed by atoms with van der Waals surface area (Å²) >= 11 is 5.66. The number of aromatic nitrogens is 2. The smallest absolute Gasteiger partial charge is 0.181 e. The highest BCUT2D eigenvalue weighted by Crippen LogP contribution is 2.20. The molecule has 1 fully saturated rings. The van der Waals surface area contributed by atoms with Crippen LogP contribution in [0.4, 0.5) is 0 Å². The molecule has 3 rings (SSSR count). The van der Waals surface area contributed by atoms with E-state index in [0.29, 0.717) is 0 Å². The molecule has 1 aliphatic rings. The van der Waals surface area contributed by atoms with E-state index in [9.17, 15) is 0 Å². The van der Waals surface area contributed by atoms with E-state index < -0.39 is 0 Å². The lowest BCUT2D eigenvalue weighted by Crippen LogP contribution is -2.47. The van der Waals surface area contributed by atoms with Gasteiger partial charge in [0.1, 0.15) is 0 Å². The summed E-state index contributed by atoms with van der Waals surface area (Å²) in [6.07, 6.45) is 3.49. The molecule has 4 nitrogen and oxygen atoms in total. The van der Waals surface area contributed by atoms with Gasteiger partial charge in [0.05, 0.1) is 12.4 Å². The van der Waals surface area contributed by atoms with Crippen molar-refractivity contribution in [3.05, 3.63) is 41.3 Å². The highest BCUT2D eigenvalue weighted by Gasteiger charge is 2.18. The molecule has 1 saturated heterocycles. The summed E-state index contributed by atoms with van der Waals surface area (Å²) in [6, 6.07) is 10.5. The van der Waals surface area contributed by atoms with Gasteiger partial charge in [-0.15, -0.1) is 0 Å². The Morgan fingerprint density at radius 3 is 2.28 bits per heavy atom. The second kappa shape index (κ2) is 8.30. The van der Waals surface area contributed by atoms with Gasteiger partial charge in [-0.2, -0.15) is 0 Å². The lowest BCUT2D eigenvalue weighted by molar-refractivity contribution is 0.104. The second-order valence-electron chi connectivity index (χ2n) is 7.48. The molecule has 2 aromatic rings. The molecular weight excluding hydrogens is 328 g/mol. The zero-order chi connectivity index (χ0) is 17.8. The first kappa shape index (κ1) is 18.4. The summed E-state index contributed by atoms with van der Waals surface area (Å²) in [4.78, 5) is 5.10. The molecule has 0 aliphatic carbocycles. The van der Waals surface area contributed by atoms with Gasteiger partial charge >= 0.3 is 0 Å². The number of hydrogen-bond acceptors (Lipinski definition) is 3. The predicted molar refractivity (Wildman–Crippen MR) is 107 cm³/mol. The van der Waals surface area contributed by atoms with Crippen LogP contribution in [0.5, 0.6) is 0 Å². The molecule has 0 amide bonds. The van der Waals surface area contributed by atoms with Crippen molar-refractivity contribution in [2.45, 2.75) is 26.9 Å². The molecule has 1 aliphatic heterocycles. The molecule has 1 aromatic carbocycles. The number of hydrogen-bond donors (Lipinski definition) is 0. The molecule has 0 radical (unpaired) electrons. The Bertz CT molecular complexity index is 724. The maximum Gasteiger partial charge on any atom is 0.181 e. The first-order valence-corrected chi connectivity index (χ1v) is 9.71. The predicted octanol–water partition coefficient (Wildman–Crippen LogP) is 3.84. The lowest BCUT2D eigenvalue weighted by atomic mass is 10.1. The van der Waals surface area contributed by atoms with Crippen LogP contribution in [0.15, 0.2) is 36.5 Å². The van der Waals surface area contributed by atoms with Gasteiger partial charge in [0, 0.05) is 39.4 Å². The Hall–Kier alpha value is -1.43. The maximum absolute atomic E-state index is 5.66. The molecule has 5 heteroatoms. The molecule has 0 spiro atoms. The molecule has 0 bridgehead atoms. The Morgan fingerprint density at radius 1 is 1.00 bits per heavy atom. The molecule has 25 heavy (non-hydrogen) atoms. The number of piperazine rings is 1. The fourth-order valence-corrected chi connectivity index (χ4v) is 3.58. The van der Waals surface area contributed by atoms with Crippen LogP contribution >= 0.6 is 12.2 Å². The van der Waals surface area contributed by atoms with Crippen molar-refractivity contribution in [1.82, 2.24) is 18.9 Å². The van der Waals surface area contributed by atoms with Crippen molar-refractivity contribution >= 4 is 12.2 Å². The summed E-state index contributed by atoms with van der Waals surface area (Å²) < 4.78 is 5.21. The summed E-state index contributed by atoms with van der Waals surface area (Å²) in [5.41, 5.74) is 2.40. The van der Waals surface area contributed by atoms with E-state index in [4.69, 9.17) is 12.2 Å². The van der Waals surface area contributed by atoms with Gasteiger partial charge in [-0.1, -0.05) is 44.2 Å². The highest BCUT2D eigenvalue weighted by molar-refractivity contribution is 7.71. The van der Waals surface area contributed by atoms with Crippen LogP contribution in [0.3, 0.4) is 0 Å². The van der Waals surface area contributed by atoms with Crippen LogP contribution in [0.25, 0.3) is 11.3 Å². The average Bonchev–Trinajstić information content (AvgIpc) is 2.90. The van der Waals surface area contributed by atoms with Crippen LogP contribution < -0.4 is 0 Å². The van der Waals surface area contributed by atoms with Gasteiger partial charge in [0.2, 0.25) is 0 Å². The van der Waals surface area contributed by atoms with Gasteiger partial charge < -0.3 is 14.0 Å². The molecule has 0 unspecified atom stereocenters. The molecule has 2 heterocycles. The van der Waals surface area contributed by atoms with E-state index in [-0.39, 0.29) is 0 Å². The number of benzene rings is 1. The third-order valence-corrected chi connectivity index (χ3v) is 5.59. The molecule has 0 atom stereocenters. The summed E-state index contributed by atoms with van der Waals surface area (Å²) in [5, 5.41) is 0. The fraction of sp³-hybridized carbons (Fsp3) is 0.550. The lowest BCUT2D eigenvalue weighted by Gasteiger charge is -2.35. The number of rotatable bonds is 6.